The molecule has 0 saturated heterocycles. The van der Waals surface area contributed by atoms with Gasteiger partial charge in [0.15, 0.2) is 0 Å². The fourth-order valence-electron chi connectivity index (χ4n) is 12.2. The lowest BCUT2D eigenvalue weighted by atomic mass is 9.95. The lowest BCUT2D eigenvalue weighted by Crippen LogP contribution is -2.63. The van der Waals surface area contributed by atoms with E-state index >= 15 is 0 Å². The van der Waals surface area contributed by atoms with Gasteiger partial charge >= 0.3 is 5.97 Å². The molecule has 38 heteroatoms. The van der Waals surface area contributed by atoms with Gasteiger partial charge in [0.2, 0.25) is 88.6 Å². The zero-order valence-corrected chi connectivity index (χ0v) is 74.1. The number of aliphatic hydroxyl groups excluding tert-OH is 1. The van der Waals surface area contributed by atoms with Gasteiger partial charge in [-0.2, -0.15) is 37.0 Å². The molecule has 0 unspecified atom stereocenters. The van der Waals surface area contributed by atoms with Crippen LogP contribution in [0.4, 0.5) is 0 Å². The minimum atomic E-state index is -1.75. The Morgan fingerprint density at radius 2 is 0.714 bits per heavy atom. The first-order chi connectivity index (χ1) is 56.0. The van der Waals surface area contributed by atoms with E-state index in [0.29, 0.717) is 49.1 Å². The van der Waals surface area contributed by atoms with Gasteiger partial charge in [-0.25, -0.2) is 0 Å². The number of rotatable bonds is 55. The van der Waals surface area contributed by atoms with Crippen molar-refractivity contribution in [2.24, 2.45) is 52.9 Å². The van der Waals surface area contributed by atoms with Crippen molar-refractivity contribution in [2.45, 2.75) is 252 Å². The van der Waals surface area contributed by atoms with Crippen LogP contribution in [0.5, 0.6) is 0 Å². The van der Waals surface area contributed by atoms with E-state index in [1.165, 1.54) is 18.7 Å². The van der Waals surface area contributed by atoms with Gasteiger partial charge in [-0.3, -0.25) is 76.7 Å². The molecule has 0 aromatic heterocycles. The van der Waals surface area contributed by atoms with E-state index in [1.54, 1.807) is 144 Å². The van der Waals surface area contributed by atoms with Gasteiger partial charge in [0.05, 0.1) is 12.6 Å². The summed E-state index contributed by atoms with van der Waals surface area (Å²) in [7, 11) is 0. The van der Waals surface area contributed by atoms with Crippen molar-refractivity contribution >= 4 is 132 Å². The van der Waals surface area contributed by atoms with Crippen LogP contribution in [0, 0.1) is 41.4 Å². The third kappa shape index (κ3) is 38.0. The van der Waals surface area contributed by atoms with Crippen molar-refractivity contribution in [2.75, 3.05) is 43.2 Å². The van der Waals surface area contributed by atoms with Gasteiger partial charge in [0, 0.05) is 24.3 Å². The molecule has 668 valence electrons. The van der Waals surface area contributed by atoms with Gasteiger partial charge < -0.3 is 101 Å². The summed E-state index contributed by atoms with van der Waals surface area (Å²) >= 11 is 10.0. The van der Waals surface area contributed by atoms with Crippen LogP contribution in [0.25, 0.3) is 0 Å². The number of carboxylic acid groups (broad SMARTS) is 1. The molecule has 0 fully saturated rings. The largest absolute Gasteiger partial charge is 0.480 e. The fourth-order valence-corrected chi connectivity index (χ4v) is 13.2. The van der Waals surface area contributed by atoms with Crippen molar-refractivity contribution in [3.63, 3.8) is 0 Å². The van der Waals surface area contributed by atoms with Gasteiger partial charge in [0.25, 0.3) is 0 Å². The highest BCUT2D eigenvalue weighted by atomic mass is 32.2. The quantitative estimate of drug-likeness (QED) is 0.0288. The van der Waals surface area contributed by atoms with Crippen LogP contribution in [0.15, 0.2) is 60.7 Å². The smallest absolute Gasteiger partial charge is 0.322 e. The average molecular weight is 1730 g/mol. The third-order valence-electron chi connectivity index (χ3n) is 19.5. The Kier molecular flexibility index (Phi) is 48.9. The van der Waals surface area contributed by atoms with E-state index in [4.69, 9.17) is 16.6 Å². The third-order valence-corrected chi connectivity index (χ3v) is 20.8. The Labute approximate surface area is 714 Å². The number of aliphatic carboxylic acids is 1. The Morgan fingerprint density at radius 1 is 0.387 bits per heavy atom. The van der Waals surface area contributed by atoms with Crippen molar-refractivity contribution in [1.82, 2.24) is 79.8 Å². The van der Waals surface area contributed by atoms with E-state index in [1.807, 2.05) is 20.1 Å². The number of aliphatic hydroxyl groups is 1. The molecular weight excluding hydrogens is 1600 g/mol. The standard InChI is InChI=1S/C81H133N17O18S3/c1-17-48(14)66(98-80(115)65(47(12)13)95-73(108)57(37-51-28-22-19-23-29-51)88-70(105)53(30-24-25-32-82)86-71(106)54(34-42(2)3)87-68(103)52(83)31-33-119-16)81(116)89-55(35-43(4)5)72(107)94-64(46(10)11)79(114)93-59(40-117)75(110)91-58(39-99)74(109)96-62(44(6)7)77(112)85-49(15)67(102)92-60(41-118)76(111)97-63(45(8)9)78(113)90-56(69(104)84-38-61(100)101)36-50-26-20-18-21-27-50/h18-23,26-29,42-49,52-60,62-66,99,117-118H,17,24-25,30-41,82-83H2,1-16H3,(H,84,104)(H,85,112)(H,86,106)(H,87,103)(H,88,105)(H,89,116)(H,90,113)(H,91,110)(H,92,102)(H,93,114)(H,94,107)(H,95,108)(H,96,109)(H,97,111)(H,98,115)(H,100,101)/t48-,49-,52-,53-,54-,55-,56-,57-,58-,59-,60-,62-,63-,64-,65-,66-/m0/s1. The van der Waals surface area contributed by atoms with E-state index in [9.17, 15) is 81.8 Å². The molecule has 2 rings (SSSR count). The van der Waals surface area contributed by atoms with Gasteiger partial charge in [-0.15, -0.1) is 0 Å². The molecule has 16 atom stereocenters. The van der Waals surface area contributed by atoms with Gasteiger partial charge in [-0.05, 0) is 117 Å². The average Bonchev–Trinajstić information content (AvgIpc) is 0.845. The summed E-state index contributed by atoms with van der Waals surface area (Å²) in [6.45, 7) is 23.5. The molecule has 21 N–H and O–H groups in total. The van der Waals surface area contributed by atoms with E-state index < -0.39 is 228 Å². The molecule has 35 nitrogen and oxygen atoms in total. The predicted octanol–water partition coefficient (Wildman–Crippen LogP) is -0.697. The number of carbonyl (C=O) groups is 16. The first kappa shape index (κ1) is 106. The SMILES string of the molecule is CC[C@H](C)[C@H](NC(=O)[C@@H](NC(=O)[C@H](Cc1ccccc1)NC(=O)[C@H](CCCCN)NC(=O)[C@H](CC(C)C)NC(=O)[C@@H](N)CCSC)C(C)C)C(=O)N[C@@H](CC(C)C)C(=O)N[C@H](C(=O)N[C@@H](CS)C(=O)N[C@@H](CO)C(=O)N[C@H](C(=O)N[C@@H](C)C(=O)N[C@@H](CS)C(=O)N[C@H](C(=O)N[C@@H](Cc1ccccc1)C(=O)NCC(=O)O)C(C)C)C(C)C)C(C)C. The maximum absolute atomic E-state index is 14.7. The molecule has 0 aliphatic carbocycles. The molecule has 0 heterocycles. The summed E-state index contributed by atoms with van der Waals surface area (Å²) in [5.74, 6) is -17.1. The van der Waals surface area contributed by atoms with Crippen LogP contribution in [-0.4, -0.2) is 239 Å². The molecule has 0 aliphatic rings. The highest BCUT2D eigenvalue weighted by Gasteiger charge is 2.40. The number of amides is 15. The van der Waals surface area contributed by atoms with Crippen LogP contribution in [0.3, 0.4) is 0 Å². The number of unbranched alkanes of at least 4 members (excludes halogenated alkanes) is 1. The molecule has 2 aromatic rings. The minimum absolute atomic E-state index is 0.0231. The maximum atomic E-state index is 14.7. The number of carboxylic acids is 1. The molecular formula is C81H133N17O18S3. The van der Waals surface area contributed by atoms with Crippen LogP contribution in [0.1, 0.15) is 160 Å². The topological polar surface area (TPSA) is 546 Å². The Hall–Kier alpha value is -9.11. The number of hydrogen-bond acceptors (Lipinski definition) is 22. The first-order valence-corrected chi connectivity index (χ1v) is 43.2. The molecule has 119 heavy (non-hydrogen) atoms. The Bertz CT molecular complexity index is 3640. The summed E-state index contributed by atoms with van der Waals surface area (Å²) in [5, 5.41) is 58.8. The summed E-state index contributed by atoms with van der Waals surface area (Å²) < 4.78 is 0. The predicted molar refractivity (Wildman–Crippen MR) is 460 cm³/mol. The first-order valence-electron chi connectivity index (χ1n) is 40.6. The minimum Gasteiger partial charge on any atom is -0.480 e. The van der Waals surface area contributed by atoms with Crippen molar-refractivity contribution < 1.29 is 86.9 Å². The Balaban J connectivity index is 2.32. The Morgan fingerprint density at radius 3 is 1.13 bits per heavy atom. The number of thiol groups is 2. The van der Waals surface area contributed by atoms with Crippen molar-refractivity contribution in [3.05, 3.63) is 71.8 Å². The normalized spacial score (nSPS) is 15.5. The molecule has 0 saturated carbocycles. The number of benzene rings is 2. The number of hydrogen-bond donors (Lipinski definition) is 21. The molecule has 0 radical (unpaired) electrons. The van der Waals surface area contributed by atoms with E-state index in [-0.39, 0.29) is 55.4 Å². The highest BCUT2D eigenvalue weighted by molar-refractivity contribution is 7.98. The second kappa shape index (κ2) is 54.9. The van der Waals surface area contributed by atoms with Crippen LogP contribution < -0.4 is 91.2 Å². The molecule has 2 aromatic carbocycles. The number of thioether (sulfide) groups is 1. The van der Waals surface area contributed by atoms with E-state index in [2.05, 4.69) is 105 Å². The van der Waals surface area contributed by atoms with E-state index in [0.717, 1.165) is 0 Å². The van der Waals surface area contributed by atoms with Gasteiger partial charge in [-0.1, -0.05) is 164 Å². The lowest BCUT2D eigenvalue weighted by Gasteiger charge is -2.31. The van der Waals surface area contributed by atoms with Crippen LogP contribution in [-0.2, 0) is 89.6 Å². The van der Waals surface area contributed by atoms with Crippen LogP contribution >= 0.6 is 37.0 Å². The molecule has 0 bridgehead atoms. The monoisotopic (exact) mass is 1730 g/mol. The second-order valence-electron chi connectivity index (χ2n) is 32.0. The van der Waals surface area contributed by atoms with Gasteiger partial charge in [0.1, 0.15) is 91.1 Å². The fraction of sp³-hybridized carbons (Fsp3) is 0.654. The lowest BCUT2D eigenvalue weighted by molar-refractivity contribution is -0.138. The number of nitrogens with two attached hydrogens (primary N) is 2. The summed E-state index contributed by atoms with van der Waals surface area (Å²) in [4.78, 5) is 222. The molecule has 15 amide bonds. The van der Waals surface area contributed by atoms with Crippen molar-refractivity contribution in [3.8, 4) is 0 Å². The summed E-state index contributed by atoms with van der Waals surface area (Å²) in [5.41, 5.74) is 13.3. The maximum Gasteiger partial charge on any atom is 0.322 e. The molecule has 0 spiro atoms. The zero-order valence-electron chi connectivity index (χ0n) is 71.5. The number of carbonyl (C=O) groups excluding carboxylic acids is 15. The number of nitrogens with one attached hydrogen (secondary N) is 15. The van der Waals surface area contributed by atoms with Crippen molar-refractivity contribution in [1.29, 1.82) is 0 Å². The summed E-state index contributed by atoms with van der Waals surface area (Å²) in [6.07, 6.45) is 3.76. The molecule has 0 aliphatic heterocycles. The van der Waals surface area contributed by atoms with Crippen LogP contribution in [0.2, 0.25) is 0 Å². The summed E-state index contributed by atoms with van der Waals surface area (Å²) in [6, 6.07) is -2.48. The second-order valence-corrected chi connectivity index (χ2v) is 33.7. The zero-order chi connectivity index (χ0) is 90.1. The highest BCUT2D eigenvalue weighted by Crippen LogP contribution is 2.18.